The van der Waals surface area contributed by atoms with E-state index in [1.165, 1.54) is 11.1 Å². The number of carbonyl (C=O) groups is 2. The van der Waals surface area contributed by atoms with E-state index >= 15 is 0 Å². The van der Waals surface area contributed by atoms with Gasteiger partial charge in [0.2, 0.25) is 0 Å². The van der Waals surface area contributed by atoms with Crippen LogP contribution in [0.3, 0.4) is 0 Å². The minimum atomic E-state index is -1.17. The highest BCUT2D eigenvalue weighted by atomic mass is 16.5. The molecule has 2 saturated carbocycles. The van der Waals surface area contributed by atoms with Crippen LogP contribution in [-0.2, 0) is 9.53 Å². The zero-order chi connectivity index (χ0) is 19.4. The van der Waals surface area contributed by atoms with Gasteiger partial charge in [0.25, 0.3) is 0 Å². The summed E-state index contributed by atoms with van der Waals surface area (Å²) >= 11 is 0. The van der Waals surface area contributed by atoms with Gasteiger partial charge >= 0.3 is 12.1 Å². The molecule has 3 aliphatic rings. The van der Waals surface area contributed by atoms with Crippen LogP contribution in [0, 0.1) is 5.41 Å². The van der Waals surface area contributed by atoms with Gasteiger partial charge in [-0.25, -0.2) is 9.59 Å². The lowest BCUT2D eigenvalue weighted by Crippen LogP contribution is -2.58. The fourth-order valence-corrected chi connectivity index (χ4v) is 5.39. The van der Waals surface area contributed by atoms with E-state index in [2.05, 4.69) is 29.6 Å². The Bertz CT molecular complexity index is 919. The Morgan fingerprint density at radius 1 is 0.964 bits per heavy atom. The Labute approximate surface area is 163 Å². The molecule has 1 atom stereocenters. The van der Waals surface area contributed by atoms with Gasteiger partial charge in [0.15, 0.2) is 0 Å². The summed E-state index contributed by atoms with van der Waals surface area (Å²) in [6, 6.07) is 16.3. The summed E-state index contributed by atoms with van der Waals surface area (Å²) in [4.78, 5) is 24.6. The smallest absolute Gasteiger partial charge is 0.408 e. The predicted molar refractivity (Wildman–Crippen MR) is 104 cm³/mol. The van der Waals surface area contributed by atoms with Crippen molar-refractivity contribution in [2.45, 2.75) is 43.6 Å². The molecule has 0 heterocycles. The molecule has 5 rings (SSSR count). The van der Waals surface area contributed by atoms with E-state index < -0.39 is 17.6 Å². The first kappa shape index (κ1) is 17.3. The van der Waals surface area contributed by atoms with Crippen LogP contribution in [0.15, 0.2) is 48.5 Å². The highest BCUT2D eigenvalue weighted by molar-refractivity contribution is 5.87. The molecule has 5 nitrogen and oxygen atoms in total. The van der Waals surface area contributed by atoms with Crippen molar-refractivity contribution in [3.63, 3.8) is 0 Å². The van der Waals surface area contributed by atoms with Crippen LogP contribution >= 0.6 is 0 Å². The first-order chi connectivity index (χ1) is 13.6. The van der Waals surface area contributed by atoms with Gasteiger partial charge in [0, 0.05) is 11.3 Å². The molecule has 0 saturated heterocycles. The minimum absolute atomic E-state index is 0.0302. The van der Waals surface area contributed by atoms with Crippen molar-refractivity contribution >= 4 is 12.1 Å². The number of nitrogens with one attached hydrogen (secondary N) is 1. The maximum Gasteiger partial charge on any atom is 0.408 e. The maximum atomic E-state index is 12.6. The largest absolute Gasteiger partial charge is 0.479 e. The third-order valence-electron chi connectivity index (χ3n) is 6.99. The quantitative estimate of drug-likeness (QED) is 0.832. The summed E-state index contributed by atoms with van der Waals surface area (Å²) in [6.45, 7) is 0.197. The van der Waals surface area contributed by atoms with E-state index in [0.717, 1.165) is 36.8 Å². The molecule has 2 N–H and O–H groups in total. The number of carboxylic acids is 1. The maximum absolute atomic E-state index is 12.6. The van der Waals surface area contributed by atoms with E-state index in [0.29, 0.717) is 6.42 Å². The number of carboxylic acid groups (broad SMARTS) is 1. The second-order valence-corrected chi connectivity index (χ2v) is 8.29. The molecule has 2 aromatic rings. The van der Waals surface area contributed by atoms with E-state index in [4.69, 9.17) is 4.74 Å². The molecule has 1 unspecified atom stereocenters. The topological polar surface area (TPSA) is 75.6 Å². The number of rotatable bonds is 4. The van der Waals surface area contributed by atoms with Gasteiger partial charge in [-0.2, -0.15) is 0 Å². The standard InChI is InChI=1S/C23H23NO4/c25-20(26)23(11-5-10-22(23)12-13-22)24-21(27)28-14-19-17-8-3-1-6-15(17)16-7-2-4-9-18(16)19/h1-4,6-9,19H,5,10-14H2,(H,24,27)(H,25,26). The Morgan fingerprint density at radius 2 is 1.57 bits per heavy atom. The van der Waals surface area contributed by atoms with Crippen LogP contribution in [0.2, 0.25) is 0 Å². The molecule has 0 bridgehead atoms. The molecule has 144 valence electrons. The molecule has 2 fully saturated rings. The van der Waals surface area contributed by atoms with Crippen LogP contribution in [0.5, 0.6) is 0 Å². The molecule has 2 aromatic carbocycles. The summed E-state index contributed by atoms with van der Waals surface area (Å²) < 4.78 is 5.58. The summed E-state index contributed by atoms with van der Waals surface area (Å²) in [5.74, 6) is -0.964. The van der Waals surface area contributed by atoms with Crippen molar-refractivity contribution in [1.29, 1.82) is 0 Å². The summed E-state index contributed by atoms with van der Waals surface area (Å²) in [7, 11) is 0. The van der Waals surface area contributed by atoms with Gasteiger partial charge in [0.1, 0.15) is 12.1 Å². The zero-order valence-electron chi connectivity index (χ0n) is 15.6. The van der Waals surface area contributed by atoms with E-state index in [1.54, 1.807) is 0 Å². The van der Waals surface area contributed by atoms with Crippen LogP contribution in [0.1, 0.15) is 49.1 Å². The normalized spacial score (nSPS) is 23.9. The Hall–Kier alpha value is -2.82. The predicted octanol–water partition coefficient (Wildman–Crippen LogP) is 4.31. The van der Waals surface area contributed by atoms with Gasteiger partial charge in [-0.1, -0.05) is 48.5 Å². The first-order valence-corrected chi connectivity index (χ1v) is 9.93. The van der Waals surface area contributed by atoms with Crippen molar-refractivity contribution in [1.82, 2.24) is 5.32 Å². The van der Waals surface area contributed by atoms with Crippen LogP contribution < -0.4 is 5.32 Å². The molecule has 1 amide bonds. The lowest BCUT2D eigenvalue weighted by molar-refractivity contribution is -0.147. The molecular weight excluding hydrogens is 354 g/mol. The van der Waals surface area contributed by atoms with Crippen molar-refractivity contribution < 1.29 is 19.4 Å². The Balaban J connectivity index is 1.34. The monoisotopic (exact) mass is 377 g/mol. The highest BCUT2D eigenvalue weighted by Gasteiger charge is 2.67. The number of hydrogen-bond donors (Lipinski definition) is 2. The van der Waals surface area contributed by atoms with Gasteiger partial charge in [-0.05, 0) is 54.4 Å². The average Bonchev–Trinajstić information content (AvgIpc) is 3.30. The number of carbonyl (C=O) groups excluding carboxylic acids is 1. The van der Waals surface area contributed by atoms with Crippen LogP contribution in [-0.4, -0.2) is 29.3 Å². The number of alkyl carbamates (subject to hydrolysis) is 1. The SMILES string of the molecule is O=C(NC1(C(=O)O)CCCC12CC2)OCC1c2ccccc2-c2ccccc21. The zero-order valence-corrected chi connectivity index (χ0v) is 15.6. The molecule has 0 aliphatic heterocycles. The lowest BCUT2D eigenvalue weighted by atomic mass is 9.84. The molecule has 0 aromatic heterocycles. The third kappa shape index (κ3) is 2.38. The minimum Gasteiger partial charge on any atom is -0.479 e. The van der Waals surface area contributed by atoms with E-state index in [9.17, 15) is 14.7 Å². The highest BCUT2D eigenvalue weighted by Crippen LogP contribution is 2.63. The number of amides is 1. The average molecular weight is 377 g/mol. The van der Waals surface area contributed by atoms with Crippen LogP contribution in [0.4, 0.5) is 4.79 Å². The number of ether oxygens (including phenoxy) is 1. The van der Waals surface area contributed by atoms with Crippen LogP contribution in [0.25, 0.3) is 11.1 Å². The van der Waals surface area contributed by atoms with Gasteiger partial charge < -0.3 is 15.2 Å². The molecule has 0 radical (unpaired) electrons. The second kappa shape index (κ2) is 6.09. The molecule has 5 heteroatoms. The number of fused-ring (bicyclic) bond motifs is 3. The number of aliphatic carboxylic acids is 1. The lowest BCUT2D eigenvalue weighted by Gasteiger charge is -2.32. The fraction of sp³-hybridized carbons (Fsp3) is 0.391. The summed E-state index contributed by atoms with van der Waals surface area (Å²) in [6.07, 6.45) is 3.27. The Kier molecular flexibility index (Phi) is 3.76. The molecule has 1 spiro atoms. The van der Waals surface area contributed by atoms with Crippen molar-refractivity contribution in [3.05, 3.63) is 59.7 Å². The fourth-order valence-electron chi connectivity index (χ4n) is 5.39. The van der Waals surface area contributed by atoms with E-state index in [1.807, 2.05) is 24.3 Å². The molecular formula is C23H23NO4. The first-order valence-electron chi connectivity index (χ1n) is 9.93. The van der Waals surface area contributed by atoms with Gasteiger partial charge in [0.05, 0.1) is 0 Å². The van der Waals surface area contributed by atoms with Crippen molar-refractivity contribution in [3.8, 4) is 11.1 Å². The summed E-state index contributed by atoms with van der Waals surface area (Å²) in [5.41, 5.74) is 3.18. The number of hydrogen-bond acceptors (Lipinski definition) is 3. The third-order valence-corrected chi connectivity index (χ3v) is 6.99. The second-order valence-electron chi connectivity index (χ2n) is 8.29. The Morgan fingerprint density at radius 3 is 2.14 bits per heavy atom. The molecule has 28 heavy (non-hydrogen) atoms. The molecule has 3 aliphatic carbocycles. The number of benzene rings is 2. The van der Waals surface area contributed by atoms with Gasteiger partial charge in [-0.15, -0.1) is 0 Å². The van der Waals surface area contributed by atoms with E-state index in [-0.39, 0.29) is 17.9 Å². The van der Waals surface area contributed by atoms with Crippen molar-refractivity contribution in [2.75, 3.05) is 6.61 Å². The summed E-state index contributed by atoms with van der Waals surface area (Å²) in [5, 5.41) is 12.6. The van der Waals surface area contributed by atoms with Crippen molar-refractivity contribution in [2.24, 2.45) is 5.41 Å². The van der Waals surface area contributed by atoms with Gasteiger partial charge in [-0.3, -0.25) is 0 Å².